The summed E-state index contributed by atoms with van der Waals surface area (Å²) < 4.78 is 14.7. The normalized spacial score (nSPS) is 27.2. The molecule has 2 heterocycles. The molecule has 5 nitrogen and oxygen atoms in total. The standard InChI is InChI=1S/C21H24FN3O2/c1-3-10-25-20(13-6-4-5-7-15(13)22)17-18(23-24-19(17)21(25)27)14-11-12(2)8-9-16(14)26/h4-9,11,17-20,23-24,26H,3,10H2,1-2H3. The summed E-state index contributed by atoms with van der Waals surface area (Å²) in [6.07, 6.45) is 0.796. The quantitative estimate of drug-likeness (QED) is 0.775. The number of hydrazine groups is 1. The molecular weight excluding hydrogens is 345 g/mol. The van der Waals surface area contributed by atoms with Crippen LogP contribution in [-0.4, -0.2) is 28.5 Å². The number of nitrogens with one attached hydrogen (secondary N) is 2. The highest BCUT2D eigenvalue weighted by molar-refractivity contribution is 5.86. The Morgan fingerprint density at radius 1 is 1.11 bits per heavy atom. The average Bonchev–Trinajstić information content (AvgIpc) is 3.18. The number of aromatic hydroxyl groups is 1. The molecule has 4 unspecified atom stereocenters. The number of hydrogen-bond acceptors (Lipinski definition) is 4. The van der Waals surface area contributed by atoms with Gasteiger partial charge in [0.05, 0.1) is 12.1 Å². The molecule has 0 aromatic heterocycles. The van der Waals surface area contributed by atoms with Crippen molar-refractivity contribution < 1.29 is 14.3 Å². The van der Waals surface area contributed by atoms with Gasteiger partial charge in [0.15, 0.2) is 0 Å². The van der Waals surface area contributed by atoms with E-state index in [1.54, 1.807) is 29.2 Å². The minimum atomic E-state index is -0.453. The number of carbonyl (C=O) groups excluding carboxylic acids is 1. The summed E-state index contributed by atoms with van der Waals surface area (Å²) in [5, 5.41) is 10.4. The van der Waals surface area contributed by atoms with Gasteiger partial charge in [-0.3, -0.25) is 4.79 Å². The van der Waals surface area contributed by atoms with Crippen LogP contribution in [0.15, 0.2) is 42.5 Å². The number of benzene rings is 2. The maximum absolute atomic E-state index is 14.7. The van der Waals surface area contributed by atoms with Crippen molar-refractivity contribution in [3.8, 4) is 5.75 Å². The van der Waals surface area contributed by atoms with Gasteiger partial charge in [-0.25, -0.2) is 15.2 Å². The molecule has 4 rings (SSSR count). The molecule has 1 amide bonds. The van der Waals surface area contributed by atoms with Crippen molar-refractivity contribution in [2.24, 2.45) is 5.92 Å². The molecule has 0 bridgehead atoms. The zero-order valence-electron chi connectivity index (χ0n) is 15.4. The summed E-state index contributed by atoms with van der Waals surface area (Å²) in [4.78, 5) is 14.8. The first-order valence-corrected chi connectivity index (χ1v) is 9.38. The van der Waals surface area contributed by atoms with E-state index >= 15 is 0 Å². The van der Waals surface area contributed by atoms with E-state index in [1.807, 2.05) is 26.0 Å². The number of nitrogens with zero attached hydrogens (tertiary/aromatic N) is 1. The molecule has 0 saturated carbocycles. The molecule has 6 heteroatoms. The van der Waals surface area contributed by atoms with Crippen LogP contribution in [0.3, 0.4) is 0 Å². The molecule has 2 saturated heterocycles. The van der Waals surface area contributed by atoms with E-state index in [0.717, 1.165) is 17.5 Å². The molecular formula is C21H24FN3O2. The van der Waals surface area contributed by atoms with Crippen molar-refractivity contribution in [3.05, 3.63) is 65.0 Å². The molecule has 27 heavy (non-hydrogen) atoms. The highest BCUT2D eigenvalue weighted by Gasteiger charge is 2.56. The second-order valence-corrected chi connectivity index (χ2v) is 7.38. The van der Waals surface area contributed by atoms with Gasteiger partial charge in [-0.1, -0.05) is 42.8 Å². The number of amides is 1. The largest absolute Gasteiger partial charge is 0.508 e. The predicted molar refractivity (Wildman–Crippen MR) is 100 cm³/mol. The summed E-state index contributed by atoms with van der Waals surface area (Å²) in [6.45, 7) is 4.54. The van der Waals surface area contributed by atoms with Crippen molar-refractivity contribution in [2.75, 3.05) is 6.54 Å². The fraction of sp³-hybridized carbons (Fsp3) is 0.381. The van der Waals surface area contributed by atoms with Crippen molar-refractivity contribution >= 4 is 5.91 Å². The van der Waals surface area contributed by atoms with E-state index in [9.17, 15) is 14.3 Å². The Hall–Kier alpha value is -2.44. The van der Waals surface area contributed by atoms with Gasteiger partial charge < -0.3 is 10.0 Å². The minimum Gasteiger partial charge on any atom is -0.508 e. The van der Waals surface area contributed by atoms with E-state index in [1.165, 1.54) is 6.07 Å². The molecule has 2 aromatic rings. The lowest BCUT2D eigenvalue weighted by atomic mass is 9.82. The minimum absolute atomic E-state index is 0.0303. The molecule has 142 valence electrons. The topological polar surface area (TPSA) is 64.6 Å². The summed E-state index contributed by atoms with van der Waals surface area (Å²) in [6, 6.07) is 10.9. The number of aryl methyl sites for hydroxylation is 1. The van der Waals surface area contributed by atoms with Crippen LogP contribution in [0, 0.1) is 18.7 Å². The Morgan fingerprint density at radius 2 is 1.85 bits per heavy atom. The number of rotatable bonds is 4. The van der Waals surface area contributed by atoms with Gasteiger partial charge in [0.1, 0.15) is 17.6 Å². The first kappa shape index (κ1) is 17.9. The van der Waals surface area contributed by atoms with Gasteiger partial charge in [-0.05, 0) is 25.5 Å². The van der Waals surface area contributed by atoms with Crippen molar-refractivity contribution in [3.63, 3.8) is 0 Å². The molecule has 2 aliphatic heterocycles. The van der Waals surface area contributed by atoms with Crippen LogP contribution in [0.25, 0.3) is 0 Å². The van der Waals surface area contributed by atoms with Gasteiger partial charge in [-0.15, -0.1) is 0 Å². The summed E-state index contributed by atoms with van der Waals surface area (Å²) >= 11 is 0. The van der Waals surface area contributed by atoms with Crippen LogP contribution in [0.5, 0.6) is 5.75 Å². The Morgan fingerprint density at radius 3 is 2.59 bits per heavy atom. The molecule has 4 atom stereocenters. The molecule has 2 fully saturated rings. The zero-order chi connectivity index (χ0) is 19.1. The van der Waals surface area contributed by atoms with Crippen LogP contribution in [-0.2, 0) is 4.79 Å². The Kier molecular flexibility index (Phi) is 4.61. The lowest BCUT2D eigenvalue weighted by Crippen LogP contribution is -2.41. The highest BCUT2D eigenvalue weighted by Crippen LogP contribution is 2.49. The Bertz CT molecular complexity index is 872. The smallest absolute Gasteiger partial charge is 0.242 e. The van der Waals surface area contributed by atoms with Crippen LogP contribution in [0.1, 0.15) is 42.1 Å². The first-order valence-electron chi connectivity index (χ1n) is 9.38. The number of halogens is 1. The lowest BCUT2D eigenvalue weighted by Gasteiger charge is -2.31. The third-order valence-corrected chi connectivity index (χ3v) is 5.62. The third kappa shape index (κ3) is 2.89. The van der Waals surface area contributed by atoms with Crippen molar-refractivity contribution in [1.82, 2.24) is 15.8 Å². The number of phenolic OH excluding ortho intramolecular Hbond substituents is 1. The molecule has 0 radical (unpaired) electrons. The van der Waals surface area contributed by atoms with E-state index in [2.05, 4.69) is 10.9 Å². The fourth-order valence-corrected chi connectivity index (χ4v) is 4.47. The van der Waals surface area contributed by atoms with Crippen molar-refractivity contribution in [1.29, 1.82) is 0 Å². The van der Waals surface area contributed by atoms with Crippen LogP contribution in [0.2, 0.25) is 0 Å². The molecule has 0 aliphatic carbocycles. The van der Waals surface area contributed by atoms with E-state index in [4.69, 9.17) is 0 Å². The fourth-order valence-electron chi connectivity index (χ4n) is 4.47. The second-order valence-electron chi connectivity index (χ2n) is 7.38. The molecule has 2 aromatic carbocycles. The van der Waals surface area contributed by atoms with Gasteiger partial charge >= 0.3 is 0 Å². The van der Waals surface area contributed by atoms with Gasteiger partial charge in [0.25, 0.3) is 0 Å². The van der Waals surface area contributed by atoms with Crippen LogP contribution >= 0.6 is 0 Å². The highest BCUT2D eigenvalue weighted by atomic mass is 19.1. The Balaban J connectivity index is 1.82. The van der Waals surface area contributed by atoms with Gasteiger partial charge in [0, 0.05) is 23.6 Å². The first-order chi connectivity index (χ1) is 13.0. The second kappa shape index (κ2) is 6.94. The average molecular weight is 369 g/mol. The molecule has 0 spiro atoms. The summed E-state index contributed by atoms with van der Waals surface area (Å²) in [7, 11) is 0. The predicted octanol–water partition coefficient (Wildman–Crippen LogP) is 2.97. The monoisotopic (exact) mass is 369 g/mol. The number of likely N-dealkylation sites (tertiary alicyclic amines) is 1. The van der Waals surface area contributed by atoms with E-state index < -0.39 is 12.1 Å². The van der Waals surface area contributed by atoms with Gasteiger partial charge in [0.2, 0.25) is 5.91 Å². The van der Waals surface area contributed by atoms with Crippen LogP contribution < -0.4 is 10.9 Å². The lowest BCUT2D eigenvalue weighted by molar-refractivity contribution is -0.130. The number of carbonyl (C=O) groups is 1. The van der Waals surface area contributed by atoms with E-state index in [0.29, 0.717) is 12.1 Å². The number of fused-ring (bicyclic) bond motifs is 1. The SMILES string of the molecule is CCCN1C(=O)C2NNC(c3cc(C)ccc3O)C2C1c1ccccc1F. The van der Waals surface area contributed by atoms with E-state index in [-0.39, 0.29) is 29.4 Å². The summed E-state index contributed by atoms with van der Waals surface area (Å²) in [5.74, 6) is -0.392. The maximum Gasteiger partial charge on any atom is 0.242 e. The van der Waals surface area contributed by atoms with Crippen LogP contribution in [0.4, 0.5) is 4.39 Å². The maximum atomic E-state index is 14.7. The number of phenols is 1. The van der Waals surface area contributed by atoms with Crippen molar-refractivity contribution in [2.45, 2.75) is 38.4 Å². The van der Waals surface area contributed by atoms with Gasteiger partial charge in [-0.2, -0.15) is 0 Å². The summed E-state index contributed by atoms with van der Waals surface area (Å²) in [5.41, 5.74) is 8.54. The molecule has 3 N–H and O–H groups in total. The number of hydrogen-bond donors (Lipinski definition) is 3. The zero-order valence-corrected chi connectivity index (χ0v) is 15.4. The molecule has 2 aliphatic rings. The Labute approximate surface area is 158 Å². The third-order valence-electron chi connectivity index (χ3n) is 5.62.